The van der Waals surface area contributed by atoms with Crippen molar-refractivity contribution in [3.63, 3.8) is 0 Å². The molecule has 0 amide bonds. The quantitative estimate of drug-likeness (QED) is 0.345. The summed E-state index contributed by atoms with van der Waals surface area (Å²) in [5.41, 5.74) is 11.5. The number of aryl methyl sites for hydroxylation is 1. The number of methoxy groups -OCH3 is 4. The van der Waals surface area contributed by atoms with E-state index in [9.17, 15) is 0 Å². The molecular weight excluding hydrogens is 456 g/mol. The highest BCUT2D eigenvalue weighted by Crippen LogP contribution is 2.32. The van der Waals surface area contributed by atoms with Crippen molar-refractivity contribution >= 4 is 16.9 Å². The molecule has 8 nitrogen and oxygen atoms in total. The molecule has 0 saturated carbocycles. The zero-order chi connectivity index (χ0) is 25.7. The van der Waals surface area contributed by atoms with Gasteiger partial charge in [-0.25, -0.2) is 4.98 Å². The first-order chi connectivity index (χ1) is 17.5. The minimum atomic E-state index is 0.406. The van der Waals surface area contributed by atoms with Crippen LogP contribution in [0, 0.1) is 6.92 Å². The second kappa shape index (κ2) is 11.1. The Morgan fingerprint density at radius 3 is 1.86 bits per heavy atom. The van der Waals surface area contributed by atoms with Crippen LogP contribution >= 0.6 is 0 Å². The lowest BCUT2D eigenvalue weighted by Crippen LogP contribution is -2.24. The molecule has 0 aliphatic heterocycles. The van der Waals surface area contributed by atoms with Crippen molar-refractivity contribution in [3.8, 4) is 23.0 Å². The summed E-state index contributed by atoms with van der Waals surface area (Å²) in [6, 6.07) is 15.7. The second-order valence-electron chi connectivity index (χ2n) is 8.42. The van der Waals surface area contributed by atoms with Gasteiger partial charge in [0.1, 0.15) is 28.8 Å². The van der Waals surface area contributed by atoms with Gasteiger partial charge in [-0.2, -0.15) is 0 Å². The fourth-order valence-electron chi connectivity index (χ4n) is 4.17. The molecule has 188 valence electrons. The van der Waals surface area contributed by atoms with Crippen LogP contribution in [0.15, 0.2) is 54.7 Å². The Balaban J connectivity index is 1.81. The molecule has 0 fully saturated rings. The maximum atomic E-state index is 5.87. The zero-order valence-corrected chi connectivity index (χ0v) is 21.4. The first-order valence-electron chi connectivity index (χ1n) is 11.6. The molecule has 0 radical (unpaired) electrons. The van der Waals surface area contributed by atoms with E-state index in [-0.39, 0.29) is 0 Å². The first kappa shape index (κ1) is 25.1. The highest BCUT2D eigenvalue weighted by Gasteiger charge is 2.18. The first-order valence-corrected chi connectivity index (χ1v) is 11.6. The van der Waals surface area contributed by atoms with Crippen molar-refractivity contribution in [2.45, 2.75) is 26.6 Å². The summed E-state index contributed by atoms with van der Waals surface area (Å²) in [6.45, 7) is 3.54. The van der Waals surface area contributed by atoms with Crippen molar-refractivity contribution in [3.05, 3.63) is 77.0 Å². The van der Waals surface area contributed by atoms with Crippen molar-refractivity contribution < 1.29 is 18.9 Å². The van der Waals surface area contributed by atoms with E-state index < -0.39 is 0 Å². The number of fused-ring (bicyclic) bond motifs is 1. The average molecular weight is 489 g/mol. The Kier molecular flexibility index (Phi) is 7.75. The Bertz CT molecular complexity index is 1300. The molecule has 0 aliphatic carbocycles. The molecular formula is C28H32N4O4. The molecule has 0 aliphatic rings. The van der Waals surface area contributed by atoms with Gasteiger partial charge >= 0.3 is 0 Å². The maximum Gasteiger partial charge on any atom is 0.130 e. The summed E-state index contributed by atoms with van der Waals surface area (Å²) in [6.07, 6.45) is 1.80. The molecule has 2 aromatic carbocycles. The molecule has 0 unspecified atom stereocenters. The Morgan fingerprint density at radius 1 is 0.778 bits per heavy atom. The number of anilines is 1. The number of pyridine rings is 2. The molecule has 36 heavy (non-hydrogen) atoms. The predicted octanol–water partition coefficient (Wildman–Crippen LogP) is 4.64. The largest absolute Gasteiger partial charge is 0.497 e. The Morgan fingerprint density at radius 2 is 1.36 bits per heavy atom. The van der Waals surface area contributed by atoms with Crippen LogP contribution in [-0.2, 0) is 19.6 Å². The van der Waals surface area contributed by atoms with Crippen LogP contribution in [0.4, 0.5) is 5.82 Å². The number of benzene rings is 2. The van der Waals surface area contributed by atoms with E-state index in [1.54, 1.807) is 34.6 Å². The molecule has 4 aromatic rings. The van der Waals surface area contributed by atoms with Crippen LogP contribution in [0.5, 0.6) is 23.0 Å². The highest BCUT2D eigenvalue weighted by molar-refractivity contribution is 5.80. The number of hydrogen-bond donors (Lipinski definition) is 1. The molecule has 2 N–H and O–H groups in total. The zero-order valence-electron chi connectivity index (χ0n) is 21.4. The van der Waals surface area contributed by atoms with Gasteiger partial charge in [-0.3, -0.25) is 4.98 Å². The molecule has 0 atom stereocenters. The number of nitrogens with zero attached hydrogens (tertiary/aromatic N) is 3. The minimum Gasteiger partial charge on any atom is -0.497 e. The van der Waals surface area contributed by atoms with Crippen molar-refractivity contribution in [1.29, 1.82) is 0 Å². The third-order valence-corrected chi connectivity index (χ3v) is 6.15. The molecule has 2 heterocycles. The average Bonchev–Trinajstić information content (AvgIpc) is 2.92. The fraction of sp³-hybridized carbons (Fsp3) is 0.286. The van der Waals surface area contributed by atoms with Gasteiger partial charge in [0.15, 0.2) is 0 Å². The number of hydrogen-bond acceptors (Lipinski definition) is 8. The lowest BCUT2D eigenvalue weighted by Gasteiger charge is -2.27. The smallest absolute Gasteiger partial charge is 0.130 e. The molecule has 0 saturated heterocycles. The number of nitrogens with two attached hydrogens (primary N) is 1. The van der Waals surface area contributed by atoms with Gasteiger partial charge in [-0.1, -0.05) is 0 Å². The molecule has 0 bridgehead atoms. The topological polar surface area (TPSA) is 92.0 Å². The van der Waals surface area contributed by atoms with E-state index in [1.165, 1.54) is 0 Å². The maximum absolute atomic E-state index is 5.87. The monoisotopic (exact) mass is 488 g/mol. The summed E-state index contributed by atoms with van der Waals surface area (Å²) < 4.78 is 22.1. The van der Waals surface area contributed by atoms with Crippen molar-refractivity contribution in [1.82, 2.24) is 9.97 Å². The lowest BCUT2D eigenvalue weighted by atomic mass is 10.1. The van der Waals surface area contributed by atoms with E-state index in [2.05, 4.69) is 16.0 Å². The van der Waals surface area contributed by atoms with Gasteiger partial charge in [-0.05, 0) is 54.4 Å². The Hall–Kier alpha value is -4.04. The number of aromatic nitrogens is 2. The summed E-state index contributed by atoms with van der Waals surface area (Å²) in [4.78, 5) is 11.8. The number of rotatable bonds is 10. The molecule has 2 aromatic heterocycles. The third kappa shape index (κ3) is 5.28. The van der Waals surface area contributed by atoms with Gasteiger partial charge in [0.05, 0.1) is 39.5 Å². The Labute approximate surface area is 211 Å². The fourth-order valence-corrected chi connectivity index (χ4v) is 4.17. The number of ether oxygens (including phenoxy) is 4. The van der Waals surface area contributed by atoms with Gasteiger partial charge in [0.25, 0.3) is 0 Å². The van der Waals surface area contributed by atoms with E-state index in [0.29, 0.717) is 19.6 Å². The predicted molar refractivity (Wildman–Crippen MR) is 141 cm³/mol. The van der Waals surface area contributed by atoms with Crippen LogP contribution in [0.25, 0.3) is 11.0 Å². The summed E-state index contributed by atoms with van der Waals surface area (Å²) in [5.74, 6) is 3.76. The second-order valence-corrected chi connectivity index (χ2v) is 8.42. The van der Waals surface area contributed by atoms with Crippen molar-refractivity contribution in [2.75, 3.05) is 33.3 Å². The lowest BCUT2D eigenvalue weighted by molar-refractivity contribution is 0.389. The van der Waals surface area contributed by atoms with E-state index >= 15 is 0 Å². The van der Waals surface area contributed by atoms with Gasteiger partial charge in [0.2, 0.25) is 0 Å². The van der Waals surface area contributed by atoms with Crippen LogP contribution in [0.2, 0.25) is 0 Å². The standard InChI is InChI=1S/C28H32N4O4/c1-18-10-27(31-24-11-19(14-29)15-30-28(18)24)32(16-20-6-8-22(33-2)12-25(20)35-4)17-21-7-9-23(34-3)13-26(21)36-5/h6-13,15H,14,16-17,29H2,1-5H3. The summed E-state index contributed by atoms with van der Waals surface area (Å²) >= 11 is 0. The van der Waals surface area contributed by atoms with E-state index in [0.717, 1.165) is 62.1 Å². The van der Waals surface area contributed by atoms with Gasteiger partial charge in [0, 0.05) is 49.1 Å². The highest BCUT2D eigenvalue weighted by atomic mass is 16.5. The normalized spacial score (nSPS) is 10.8. The molecule has 4 rings (SSSR count). The van der Waals surface area contributed by atoms with Crippen LogP contribution < -0.4 is 29.6 Å². The van der Waals surface area contributed by atoms with Gasteiger partial charge in [-0.15, -0.1) is 0 Å². The SMILES string of the molecule is COc1ccc(CN(Cc2ccc(OC)cc2OC)c2cc(C)c3ncc(CN)cc3n2)c(OC)c1. The third-order valence-electron chi connectivity index (χ3n) is 6.15. The van der Waals surface area contributed by atoms with Crippen LogP contribution in [0.3, 0.4) is 0 Å². The van der Waals surface area contributed by atoms with Crippen LogP contribution in [-0.4, -0.2) is 38.4 Å². The van der Waals surface area contributed by atoms with Crippen molar-refractivity contribution in [2.24, 2.45) is 5.73 Å². The summed E-state index contributed by atoms with van der Waals surface area (Å²) in [7, 11) is 6.60. The van der Waals surface area contributed by atoms with Gasteiger partial charge < -0.3 is 29.6 Å². The summed E-state index contributed by atoms with van der Waals surface area (Å²) in [5, 5.41) is 0. The van der Waals surface area contributed by atoms with E-state index in [4.69, 9.17) is 29.7 Å². The van der Waals surface area contributed by atoms with Crippen LogP contribution in [0.1, 0.15) is 22.3 Å². The molecule has 0 spiro atoms. The van der Waals surface area contributed by atoms with E-state index in [1.807, 2.05) is 49.4 Å². The molecule has 8 heteroatoms. The minimum absolute atomic E-state index is 0.406.